The Kier molecular flexibility index (Phi) is 2.77. The highest BCUT2D eigenvalue weighted by molar-refractivity contribution is 5.61. The van der Waals surface area contributed by atoms with Crippen molar-refractivity contribution in [2.24, 2.45) is 0 Å². The van der Waals surface area contributed by atoms with Gasteiger partial charge in [0.05, 0.1) is 12.0 Å². The number of benzene rings is 1. The van der Waals surface area contributed by atoms with Crippen molar-refractivity contribution >= 4 is 0 Å². The van der Waals surface area contributed by atoms with Gasteiger partial charge in [0.25, 0.3) is 0 Å². The molecule has 0 saturated carbocycles. The lowest BCUT2D eigenvalue weighted by atomic mass is 10.1. The van der Waals surface area contributed by atoms with Gasteiger partial charge in [-0.05, 0) is 45.0 Å². The van der Waals surface area contributed by atoms with Crippen molar-refractivity contribution in [3.05, 3.63) is 42.1 Å². The van der Waals surface area contributed by atoms with Crippen LogP contribution in [0.25, 0.3) is 11.3 Å². The number of rotatable bonds is 2. The van der Waals surface area contributed by atoms with Gasteiger partial charge in [-0.15, -0.1) is 0 Å². The number of halogens is 1. The Hall–Kier alpha value is -1.64. The van der Waals surface area contributed by atoms with Crippen molar-refractivity contribution in [2.75, 3.05) is 0 Å². The van der Waals surface area contributed by atoms with Crippen molar-refractivity contribution in [2.45, 2.75) is 26.8 Å². The lowest BCUT2D eigenvalue weighted by Crippen LogP contribution is -2.00. The fraction of sp³-hybridized carbons (Fsp3) is 0.308. The Bertz CT molecular complexity index is 483. The van der Waals surface area contributed by atoms with Crippen LogP contribution >= 0.6 is 0 Å². The summed E-state index contributed by atoms with van der Waals surface area (Å²) in [5.74, 6) is -0.218. The van der Waals surface area contributed by atoms with E-state index in [2.05, 4.69) is 23.4 Å². The first kappa shape index (κ1) is 10.9. The molecule has 3 heteroatoms. The maximum absolute atomic E-state index is 12.8. The Morgan fingerprint density at radius 1 is 1.19 bits per heavy atom. The summed E-state index contributed by atoms with van der Waals surface area (Å²) in [5, 5.41) is 0. The van der Waals surface area contributed by atoms with Crippen molar-refractivity contribution in [3.63, 3.8) is 0 Å². The molecule has 2 rings (SSSR count). The summed E-state index contributed by atoms with van der Waals surface area (Å²) in [4.78, 5) is 4.38. The van der Waals surface area contributed by atoms with Crippen molar-refractivity contribution in [3.8, 4) is 11.3 Å². The van der Waals surface area contributed by atoms with E-state index in [9.17, 15) is 4.39 Å². The van der Waals surface area contributed by atoms with Gasteiger partial charge >= 0.3 is 0 Å². The molecule has 84 valence electrons. The molecule has 1 aromatic heterocycles. The van der Waals surface area contributed by atoms with E-state index < -0.39 is 0 Å². The third-order valence-corrected chi connectivity index (χ3v) is 2.72. The molecular weight excluding hydrogens is 203 g/mol. The van der Waals surface area contributed by atoms with Crippen LogP contribution in [0.1, 0.15) is 25.6 Å². The molecule has 0 spiro atoms. The van der Waals surface area contributed by atoms with Crippen LogP contribution in [0.2, 0.25) is 0 Å². The standard InChI is InChI=1S/C13H15FN2/c1-9(2)16-8-15-13(10(16)3)11-4-6-12(14)7-5-11/h4-9H,1-3H3. The molecule has 2 aromatic rings. The molecule has 0 saturated heterocycles. The van der Waals surface area contributed by atoms with Gasteiger partial charge in [-0.3, -0.25) is 0 Å². The number of aromatic nitrogens is 2. The van der Waals surface area contributed by atoms with Crippen LogP contribution < -0.4 is 0 Å². The van der Waals surface area contributed by atoms with Crippen molar-refractivity contribution in [1.29, 1.82) is 0 Å². The second kappa shape index (κ2) is 4.08. The number of nitrogens with zero attached hydrogens (tertiary/aromatic N) is 2. The molecule has 0 bridgehead atoms. The van der Waals surface area contributed by atoms with E-state index in [0.29, 0.717) is 6.04 Å². The number of hydrogen-bond acceptors (Lipinski definition) is 1. The molecule has 0 N–H and O–H groups in total. The Labute approximate surface area is 94.8 Å². The Morgan fingerprint density at radius 3 is 2.31 bits per heavy atom. The highest BCUT2D eigenvalue weighted by Gasteiger charge is 2.10. The zero-order valence-corrected chi connectivity index (χ0v) is 9.74. The quantitative estimate of drug-likeness (QED) is 0.753. The summed E-state index contributed by atoms with van der Waals surface area (Å²) in [6.07, 6.45) is 1.83. The second-order valence-electron chi connectivity index (χ2n) is 4.19. The minimum Gasteiger partial charge on any atom is -0.332 e. The van der Waals surface area contributed by atoms with Gasteiger partial charge in [0.2, 0.25) is 0 Å². The van der Waals surface area contributed by atoms with Gasteiger partial charge in [-0.25, -0.2) is 9.37 Å². The van der Waals surface area contributed by atoms with Gasteiger partial charge < -0.3 is 4.57 Å². The van der Waals surface area contributed by atoms with Crippen LogP contribution in [0.15, 0.2) is 30.6 Å². The fourth-order valence-electron chi connectivity index (χ4n) is 1.83. The summed E-state index contributed by atoms with van der Waals surface area (Å²) in [7, 11) is 0. The minimum absolute atomic E-state index is 0.218. The molecule has 2 nitrogen and oxygen atoms in total. The molecule has 1 heterocycles. The first-order chi connectivity index (χ1) is 7.59. The van der Waals surface area contributed by atoms with Crippen molar-refractivity contribution in [1.82, 2.24) is 9.55 Å². The van der Waals surface area contributed by atoms with E-state index in [4.69, 9.17) is 0 Å². The number of hydrogen-bond donors (Lipinski definition) is 0. The predicted octanol–water partition coefficient (Wildman–Crippen LogP) is 3.58. The largest absolute Gasteiger partial charge is 0.332 e. The van der Waals surface area contributed by atoms with E-state index in [1.165, 1.54) is 12.1 Å². The summed E-state index contributed by atoms with van der Waals surface area (Å²) >= 11 is 0. The SMILES string of the molecule is Cc1c(-c2ccc(F)cc2)ncn1C(C)C. The summed E-state index contributed by atoms with van der Waals surface area (Å²) in [5.41, 5.74) is 2.99. The highest BCUT2D eigenvalue weighted by atomic mass is 19.1. The van der Waals surface area contributed by atoms with Gasteiger partial charge in [0.15, 0.2) is 0 Å². The third-order valence-electron chi connectivity index (χ3n) is 2.72. The topological polar surface area (TPSA) is 17.8 Å². The van der Waals surface area contributed by atoms with E-state index >= 15 is 0 Å². The summed E-state index contributed by atoms with van der Waals surface area (Å²) < 4.78 is 14.9. The highest BCUT2D eigenvalue weighted by Crippen LogP contribution is 2.23. The average molecular weight is 218 g/mol. The first-order valence-corrected chi connectivity index (χ1v) is 5.39. The van der Waals surface area contributed by atoms with Crippen LogP contribution in [0.4, 0.5) is 4.39 Å². The summed E-state index contributed by atoms with van der Waals surface area (Å²) in [6.45, 7) is 6.26. The molecule has 0 radical (unpaired) electrons. The molecule has 0 atom stereocenters. The Balaban J connectivity index is 2.45. The molecule has 1 aromatic carbocycles. The fourth-order valence-corrected chi connectivity index (χ4v) is 1.83. The van der Waals surface area contributed by atoms with Gasteiger partial charge in [-0.1, -0.05) is 0 Å². The smallest absolute Gasteiger partial charge is 0.123 e. The summed E-state index contributed by atoms with van der Waals surface area (Å²) in [6, 6.07) is 6.83. The predicted molar refractivity (Wildman–Crippen MR) is 62.7 cm³/mol. The third kappa shape index (κ3) is 1.85. The van der Waals surface area contributed by atoms with Gasteiger partial charge in [-0.2, -0.15) is 0 Å². The average Bonchev–Trinajstić information content (AvgIpc) is 2.61. The molecule has 0 amide bonds. The molecule has 0 fully saturated rings. The maximum atomic E-state index is 12.8. The Morgan fingerprint density at radius 2 is 1.81 bits per heavy atom. The van der Waals surface area contributed by atoms with E-state index in [1.807, 2.05) is 13.3 Å². The molecule has 16 heavy (non-hydrogen) atoms. The second-order valence-corrected chi connectivity index (χ2v) is 4.19. The van der Waals surface area contributed by atoms with Gasteiger partial charge in [0, 0.05) is 17.3 Å². The van der Waals surface area contributed by atoms with E-state index in [0.717, 1.165) is 17.0 Å². The van der Waals surface area contributed by atoms with Crippen molar-refractivity contribution < 1.29 is 4.39 Å². The zero-order valence-electron chi connectivity index (χ0n) is 9.74. The molecule has 0 unspecified atom stereocenters. The lowest BCUT2D eigenvalue weighted by Gasteiger charge is -2.09. The monoisotopic (exact) mass is 218 g/mol. The van der Waals surface area contributed by atoms with E-state index in [1.54, 1.807) is 12.1 Å². The first-order valence-electron chi connectivity index (χ1n) is 5.39. The van der Waals surface area contributed by atoms with Gasteiger partial charge in [0.1, 0.15) is 5.82 Å². The molecule has 0 aliphatic heterocycles. The molecule has 0 aliphatic rings. The van der Waals surface area contributed by atoms with Crippen LogP contribution in [0.5, 0.6) is 0 Å². The zero-order chi connectivity index (χ0) is 11.7. The van der Waals surface area contributed by atoms with Crippen LogP contribution in [0.3, 0.4) is 0 Å². The van der Waals surface area contributed by atoms with E-state index in [-0.39, 0.29) is 5.82 Å². The lowest BCUT2D eigenvalue weighted by molar-refractivity contribution is 0.586. The van der Waals surface area contributed by atoms with Crippen LogP contribution in [-0.4, -0.2) is 9.55 Å². The maximum Gasteiger partial charge on any atom is 0.123 e. The van der Waals surface area contributed by atoms with Crippen LogP contribution in [-0.2, 0) is 0 Å². The number of imidazole rings is 1. The molecular formula is C13H15FN2. The van der Waals surface area contributed by atoms with Crippen LogP contribution in [0, 0.1) is 12.7 Å². The molecule has 0 aliphatic carbocycles. The normalized spacial score (nSPS) is 11.1. The minimum atomic E-state index is -0.218.